The van der Waals surface area contributed by atoms with Crippen LogP contribution in [0.5, 0.6) is 0 Å². The molecular formula is C16H14N2O4S. The van der Waals surface area contributed by atoms with E-state index in [1.165, 1.54) is 37.6 Å². The van der Waals surface area contributed by atoms with Gasteiger partial charge in [-0.3, -0.25) is 4.79 Å². The minimum Gasteiger partial charge on any atom is -0.463 e. The number of para-hydroxylation sites is 1. The molecule has 3 rings (SSSR count). The van der Waals surface area contributed by atoms with Gasteiger partial charge in [0.1, 0.15) is 11.8 Å². The van der Waals surface area contributed by atoms with Crippen LogP contribution in [0.4, 0.5) is 5.69 Å². The van der Waals surface area contributed by atoms with Crippen LogP contribution in [-0.2, 0) is 10.0 Å². The van der Waals surface area contributed by atoms with Gasteiger partial charge >= 0.3 is 0 Å². The SMILES string of the molecule is CNS(=O)(=O)c1ccc(NC(=O)c2coc3ccccc23)cc1. The summed E-state index contributed by atoms with van der Waals surface area (Å²) < 4.78 is 30.9. The largest absolute Gasteiger partial charge is 0.463 e. The maximum absolute atomic E-state index is 12.3. The van der Waals surface area contributed by atoms with E-state index in [0.717, 1.165) is 5.39 Å². The molecule has 0 saturated heterocycles. The highest BCUT2D eigenvalue weighted by atomic mass is 32.2. The molecule has 1 aromatic heterocycles. The van der Waals surface area contributed by atoms with Gasteiger partial charge in [0, 0.05) is 11.1 Å². The van der Waals surface area contributed by atoms with Crippen molar-refractivity contribution in [2.24, 2.45) is 0 Å². The Morgan fingerprint density at radius 1 is 1.04 bits per heavy atom. The lowest BCUT2D eigenvalue weighted by Crippen LogP contribution is -2.18. The number of nitrogens with one attached hydrogen (secondary N) is 2. The minimum atomic E-state index is -3.49. The third kappa shape index (κ3) is 2.96. The lowest BCUT2D eigenvalue weighted by Gasteiger charge is -2.06. The highest BCUT2D eigenvalue weighted by Gasteiger charge is 2.14. The number of carbonyl (C=O) groups excluding carboxylic acids is 1. The number of hydrogen-bond donors (Lipinski definition) is 2. The molecular weight excluding hydrogens is 316 g/mol. The predicted molar refractivity (Wildman–Crippen MR) is 86.9 cm³/mol. The van der Waals surface area contributed by atoms with Gasteiger partial charge in [0.05, 0.1) is 10.5 Å². The Bertz CT molecular complexity index is 959. The molecule has 0 fully saturated rings. The first kappa shape index (κ1) is 15.3. The van der Waals surface area contributed by atoms with Crippen LogP contribution >= 0.6 is 0 Å². The molecule has 6 nitrogen and oxygen atoms in total. The van der Waals surface area contributed by atoms with Gasteiger partial charge in [-0.15, -0.1) is 0 Å². The number of rotatable bonds is 4. The van der Waals surface area contributed by atoms with Crippen LogP contribution in [0.15, 0.2) is 64.1 Å². The fourth-order valence-electron chi connectivity index (χ4n) is 2.19. The number of anilines is 1. The molecule has 2 N–H and O–H groups in total. The molecule has 2 aromatic carbocycles. The molecule has 0 aliphatic rings. The Kier molecular flexibility index (Phi) is 3.89. The summed E-state index contributed by atoms with van der Waals surface area (Å²) in [5, 5.41) is 3.44. The van der Waals surface area contributed by atoms with Crippen molar-refractivity contribution in [2.75, 3.05) is 12.4 Å². The van der Waals surface area contributed by atoms with Gasteiger partial charge in [0.25, 0.3) is 5.91 Å². The van der Waals surface area contributed by atoms with Crippen molar-refractivity contribution in [1.29, 1.82) is 0 Å². The summed E-state index contributed by atoms with van der Waals surface area (Å²) in [4.78, 5) is 12.5. The normalized spacial score (nSPS) is 11.5. The van der Waals surface area contributed by atoms with Gasteiger partial charge in [-0.2, -0.15) is 0 Å². The van der Waals surface area contributed by atoms with Gasteiger partial charge in [-0.25, -0.2) is 13.1 Å². The van der Waals surface area contributed by atoms with Crippen molar-refractivity contribution in [3.63, 3.8) is 0 Å². The quantitative estimate of drug-likeness (QED) is 0.769. The first-order valence-electron chi connectivity index (χ1n) is 6.82. The topological polar surface area (TPSA) is 88.4 Å². The molecule has 0 unspecified atom stereocenters. The standard InChI is InChI=1S/C16H14N2O4S/c1-17-23(20,21)12-8-6-11(7-9-12)18-16(19)14-10-22-15-5-3-2-4-13(14)15/h2-10,17H,1H3,(H,18,19). The smallest absolute Gasteiger partial charge is 0.259 e. The summed E-state index contributed by atoms with van der Waals surface area (Å²) in [6.07, 6.45) is 1.40. The van der Waals surface area contributed by atoms with Crippen LogP contribution in [0.2, 0.25) is 0 Å². The van der Waals surface area contributed by atoms with Crippen LogP contribution in [0, 0.1) is 0 Å². The van der Waals surface area contributed by atoms with Crippen molar-refractivity contribution in [3.05, 3.63) is 60.4 Å². The molecule has 0 bridgehead atoms. The summed E-state index contributed by atoms with van der Waals surface area (Å²) >= 11 is 0. The van der Waals surface area contributed by atoms with Gasteiger partial charge in [-0.1, -0.05) is 18.2 Å². The Balaban J connectivity index is 1.83. The molecule has 23 heavy (non-hydrogen) atoms. The zero-order chi connectivity index (χ0) is 16.4. The second-order valence-electron chi connectivity index (χ2n) is 4.83. The van der Waals surface area contributed by atoms with E-state index >= 15 is 0 Å². The number of furan rings is 1. The molecule has 7 heteroatoms. The molecule has 3 aromatic rings. The maximum Gasteiger partial charge on any atom is 0.259 e. The highest BCUT2D eigenvalue weighted by molar-refractivity contribution is 7.89. The van der Waals surface area contributed by atoms with E-state index in [1.54, 1.807) is 12.1 Å². The Hall–Kier alpha value is -2.64. The van der Waals surface area contributed by atoms with Gasteiger partial charge < -0.3 is 9.73 Å². The molecule has 1 amide bonds. The summed E-state index contributed by atoms with van der Waals surface area (Å²) in [7, 11) is -2.15. The maximum atomic E-state index is 12.3. The number of hydrogen-bond acceptors (Lipinski definition) is 4. The van der Waals surface area contributed by atoms with Crippen molar-refractivity contribution in [2.45, 2.75) is 4.90 Å². The molecule has 1 heterocycles. The number of sulfonamides is 1. The Labute approximate surface area is 133 Å². The average Bonchev–Trinajstić information content (AvgIpc) is 2.99. The van der Waals surface area contributed by atoms with Crippen LogP contribution in [0.1, 0.15) is 10.4 Å². The second-order valence-corrected chi connectivity index (χ2v) is 6.72. The monoisotopic (exact) mass is 330 g/mol. The fraction of sp³-hybridized carbons (Fsp3) is 0.0625. The third-order valence-electron chi connectivity index (χ3n) is 3.42. The number of amides is 1. The van der Waals surface area contributed by atoms with Crippen molar-refractivity contribution in [1.82, 2.24) is 4.72 Å². The summed E-state index contributed by atoms with van der Waals surface area (Å²) in [6.45, 7) is 0. The number of benzene rings is 2. The average molecular weight is 330 g/mol. The van der Waals surface area contributed by atoms with E-state index in [9.17, 15) is 13.2 Å². The summed E-state index contributed by atoms with van der Waals surface area (Å²) in [5.74, 6) is -0.320. The first-order chi connectivity index (χ1) is 11.0. The number of carbonyl (C=O) groups is 1. The van der Waals surface area contributed by atoms with E-state index in [1.807, 2.05) is 12.1 Å². The summed E-state index contributed by atoms with van der Waals surface area (Å²) in [6, 6.07) is 13.2. The summed E-state index contributed by atoms with van der Waals surface area (Å²) in [5.41, 5.74) is 1.55. The van der Waals surface area contributed by atoms with Gasteiger partial charge in [-0.05, 0) is 37.4 Å². The van der Waals surface area contributed by atoms with Crippen molar-refractivity contribution in [3.8, 4) is 0 Å². The van der Waals surface area contributed by atoms with E-state index in [0.29, 0.717) is 16.8 Å². The minimum absolute atomic E-state index is 0.131. The van der Waals surface area contributed by atoms with E-state index < -0.39 is 10.0 Å². The van der Waals surface area contributed by atoms with E-state index in [4.69, 9.17) is 4.42 Å². The molecule has 0 aliphatic heterocycles. The molecule has 0 saturated carbocycles. The first-order valence-corrected chi connectivity index (χ1v) is 8.31. The predicted octanol–water partition coefficient (Wildman–Crippen LogP) is 2.59. The van der Waals surface area contributed by atoms with Crippen LogP contribution in [0.25, 0.3) is 11.0 Å². The molecule has 0 radical (unpaired) electrons. The van der Waals surface area contributed by atoms with Gasteiger partial charge in [0.2, 0.25) is 10.0 Å². The fourth-order valence-corrected chi connectivity index (χ4v) is 2.92. The molecule has 0 spiro atoms. The van der Waals surface area contributed by atoms with Crippen LogP contribution < -0.4 is 10.0 Å². The van der Waals surface area contributed by atoms with Crippen LogP contribution in [0.3, 0.4) is 0 Å². The lowest BCUT2D eigenvalue weighted by molar-refractivity contribution is 0.102. The Morgan fingerprint density at radius 2 is 1.74 bits per heavy atom. The lowest BCUT2D eigenvalue weighted by atomic mass is 10.1. The molecule has 118 valence electrons. The zero-order valence-corrected chi connectivity index (χ0v) is 13.1. The molecule has 0 aliphatic carbocycles. The third-order valence-corrected chi connectivity index (χ3v) is 4.85. The van der Waals surface area contributed by atoms with Gasteiger partial charge in [0.15, 0.2) is 0 Å². The molecule has 0 atom stereocenters. The highest BCUT2D eigenvalue weighted by Crippen LogP contribution is 2.22. The number of fused-ring (bicyclic) bond motifs is 1. The Morgan fingerprint density at radius 3 is 2.43 bits per heavy atom. The van der Waals surface area contributed by atoms with Crippen molar-refractivity contribution >= 4 is 32.6 Å². The second kappa shape index (κ2) is 5.86. The van der Waals surface area contributed by atoms with Crippen molar-refractivity contribution < 1.29 is 17.6 Å². The van der Waals surface area contributed by atoms with E-state index in [-0.39, 0.29) is 10.8 Å². The van der Waals surface area contributed by atoms with E-state index in [2.05, 4.69) is 10.0 Å². The zero-order valence-electron chi connectivity index (χ0n) is 12.2. The van der Waals surface area contributed by atoms with Crippen LogP contribution in [-0.4, -0.2) is 21.4 Å².